The van der Waals surface area contributed by atoms with Crippen molar-refractivity contribution < 1.29 is 18.0 Å². The lowest BCUT2D eigenvalue weighted by Crippen LogP contribution is -2.30. The van der Waals surface area contributed by atoms with Crippen LogP contribution in [-0.4, -0.2) is 42.1 Å². The van der Waals surface area contributed by atoms with Gasteiger partial charge in [-0.2, -0.15) is 13.2 Å². The highest BCUT2D eigenvalue weighted by molar-refractivity contribution is 5.79. The number of hydrogen-bond donors (Lipinski definition) is 1. The summed E-state index contributed by atoms with van der Waals surface area (Å²) in [5.74, 6) is -2.26. The molecule has 15 heavy (non-hydrogen) atoms. The molecular weight excluding hydrogens is 211 g/mol. The second-order valence-corrected chi connectivity index (χ2v) is 2.96. The highest BCUT2D eigenvalue weighted by atomic mass is 19.4. The Hall–Kier alpha value is -1.40. The predicted octanol–water partition coefficient (Wildman–Crippen LogP) is 0.716. The normalized spacial score (nSPS) is 15.0. The predicted molar refractivity (Wildman–Crippen MR) is 49.4 cm³/mol. The maximum Gasteiger partial charge on any atom is 0.470 e. The van der Waals surface area contributed by atoms with Gasteiger partial charge in [0.25, 0.3) is 0 Å². The highest BCUT2D eigenvalue weighted by Gasteiger charge is 2.35. The minimum atomic E-state index is -4.86. The van der Waals surface area contributed by atoms with E-state index in [1.165, 1.54) is 0 Å². The number of halogens is 3. The Morgan fingerprint density at radius 2 is 1.93 bits per heavy atom. The first-order chi connectivity index (χ1) is 6.77. The zero-order valence-corrected chi connectivity index (χ0v) is 8.58. The van der Waals surface area contributed by atoms with E-state index in [0.717, 1.165) is 13.2 Å². The number of nitrogens with zero attached hydrogens (tertiary/aromatic N) is 2. The van der Waals surface area contributed by atoms with E-state index >= 15 is 0 Å². The van der Waals surface area contributed by atoms with Crippen LogP contribution >= 0.6 is 0 Å². The largest absolute Gasteiger partial charge is 0.470 e. The first-order valence-corrected chi connectivity index (χ1v) is 4.26. The third-order valence-corrected chi connectivity index (χ3v) is 1.62. The fraction of sp³-hybridized carbons (Fsp3) is 0.625. The number of carbonyl (C=O) groups excluding carboxylic acids is 1. The Bertz CT molecular complexity index is 240. The third kappa shape index (κ3) is 5.82. The SMILES string of the molecule is CCN1C=CN(C)C1.NC(=O)C(F)(F)F. The Labute approximate surface area is 86.1 Å². The quantitative estimate of drug-likeness (QED) is 0.715. The van der Waals surface area contributed by atoms with Gasteiger partial charge in [0, 0.05) is 26.0 Å². The molecule has 2 N–H and O–H groups in total. The molecule has 0 aromatic heterocycles. The van der Waals surface area contributed by atoms with Crippen LogP contribution in [0.2, 0.25) is 0 Å². The molecule has 7 heteroatoms. The van der Waals surface area contributed by atoms with Crippen molar-refractivity contribution in [3.8, 4) is 0 Å². The summed E-state index contributed by atoms with van der Waals surface area (Å²) in [6.07, 6.45) is -0.663. The molecular formula is C8H14F3N3O. The van der Waals surface area contributed by atoms with E-state index in [0.29, 0.717) is 0 Å². The van der Waals surface area contributed by atoms with Crippen molar-refractivity contribution in [3.05, 3.63) is 12.4 Å². The van der Waals surface area contributed by atoms with Crippen LogP contribution < -0.4 is 5.73 Å². The number of carbonyl (C=O) groups is 1. The number of alkyl halides is 3. The summed E-state index contributed by atoms with van der Waals surface area (Å²) >= 11 is 0. The van der Waals surface area contributed by atoms with Gasteiger partial charge in [-0.1, -0.05) is 0 Å². The van der Waals surface area contributed by atoms with Gasteiger partial charge in [-0.05, 0) is 6.92 Å². The first kappa shape index (κ1) is 13.6. The van der Waals surface area contributed by atoms with Gasteiger partial charge in [0.1, 0.15) is 0 Å². The average Bonchev–Trinajstić information content (AvgIpc) is 2.50. The van der Waals surface area contributed by atoms with Crippen LogP contribution in [0.15, 0.2) is 12.4 Å². The minimum Gasteiger partial charge on any atom is -0.362 e. The van der Waals surface area contributed by atoms with Gasteiger partial charge in [-0.25, -0.2) is 0 Å². The van der Waals surface area contributed by atoms with Gasteiger partial charge in [-0.15, -0.1) is 0 Å². The molecule has 0 aliphatic carbocycles. The molecule has 1 rings (SSSR count). The molecule has 0 fully saturated rings. The van der Waals surface area contributed by atoms with Crippen LogP contribution in [0.1, 0.15) is 6.92 Å². The van der Waals surface area contributed by atoms with Crippen molar-refractivity contribution in [2.45, 2.75) is 13.1 Å². The molecule has 0 radical (unpaired) electrons. The number of amides is 1. The molecule has 1 aliphatic rings. The van der Waals surface area contributed by atoms with Crippen LogP contribution in [-0.2, 0) is 4.79 Å². The van der Waals surface area contributed by atoms with Crippen molar-refractivity contribution in [3.63, 3.8) is 0 Å². The second kappa shape index (κ2) is 5.47. The van der Waals surface area contributed by atoms with Gasteiger partial charge < -0.3 is 15.5 Å². The lowest BCUT2D eigenvalue weighted by molar-refractivity contribution is -0.169. The van der Waals surface area contributed by atoms with E-state index < -0.39 is 12.1 Å². The Balaban J connectivity index is 0.000000265. The first-order valence-electron chi connectivity index (χ1n) is 4.26. The van der Waals surface area contributed by atoms with E-state index in [1.807, 2.05) is 0 Å². The summed E-state index contributed by atoms with van der Waals surface area (Å²) in [6.45, 7) is 4.32. The topological polar surface area (TPSA) is 49.6 Å². The monoisotopic (exact) mass is 225 g/mol. The van der Waals surface area contributed by atoms with Gasteiger partial charge in [0.2, 0.25) is 0 Å². The van der Waals surface area contributed by atoms with E-state index in [4.69, 9.17) is 4.79 Å². The molecule has 0 spiro atoms. The molecule has 0 unspecified atom stereocenters. The molecule has 1 heterocycles. The summed E-state index contributed by atoms with van der Waals surface area (Å²) in [5.41, 5.74) is 3.81. The second-order valence-electron chi connectivity index (χ2n) is 2.96. The molecule has 0 saturated carbocycles. The molecule has 4 nitrogen and oxygen atoms in total. The molecule has 0 bridgehead atoms. The van der Waals surface area contributed by atoms with Crippen LogP contribution in [0.25, 0.3) is 0 Å². The van der Waals surface area contributed by atoms with E-state index in [9.17, 15) is 13.2 Å². The molecule has 1 aliphatic heterocycles. The standard InChI is InChI=1S/C6H12N2.C2H2F3NO/c1-3-8-5-4-7(2)6-8;3-2(4,5)1(6)7/h4-5H,3,6H2,1-2H3;(H2,6,7). The van der Waals surface area contributed by atoms with Gasteiger partial charge in [0.15, 0.2) is 0 Å². The van der Waals surface area contributed by atoms with Gasteiger partial charge >= 0.3 is 12.1 Å². The Morgan fingerprint density at radius 1 is 1.47 bits per heavy atom. The average molecular weight is 225 g/mol. The van der Waals surface area contributed by atoms with Crippen LogP contribution in [0.4, 0.5) is 13.2 Å². The van der Waals surface area contributed by atoms with Gasteiger partial charge in [-0.3, -0.25) is 4.79 Å². The molecule has 0 atom stereocenters. The fourth-order valence-electron chi connectivity index (χ4n) is 0.794. The zero-order chi connectivity index (χ0) is 12.1. The zero-order valence-electron chi connectivity index (χ0n) is 8.58. The number of primary amides is 1. The lowest BCUT2D eigenvalue weighted by Gasteiger charge is -2.14. The summed E-state index contributed by atoms with van der Waals surface area (Å²) in [6, 6.07) is 0. The van der Waals surface area contributed by atoms with E-state index in [-0.39, 0.29) is 0 Å². The van der Waals surface area contributed by atoms with Crippen molar-refractivity contribution in [1.29, 1.82) is 0 Å². The van der Waals surface area contributed by atoms with Crippen molar-refractivity contribution in [2.75, 3.05) is 20.3 Å². The number of nitrogens with two attached hydrogens (primary N) is 1. The van der Waals surface area contributed by atoms with Crippen molar-refractivity contribution in [1.82, 2.24) is 9.80 Å². The number of rotatable bonds is 1. The van der Waals surface area contributed by atoms with Crippen LogP contribution in [0.3, 0.4) is 0 Å². The Kier molecular flexibility index (Phi) is 4.96. The summed E-state index contributed by atoms with van der Waals surface area (Å²) in [5, 5.41) is 0. The van der Waals surface area contributed by atoms with E-state index in [2.05, 4.69) is 41.9 Å². The minimum absolute atomic E-state index is 1.05. The maximum atomic E-state index is 10.7. The lowest BCUT2D eigenvalue weighted by atomic mass is 10.6. The molecule has 0 aromatic rings. The molecule has 0 saturated heterocycles. The fourth-order valence-corrected chi connectivity index (χ4v) is 0.794. The molecule has 1 amide bonds. The molecule has 88 valence electrons. The van der Waals surface area contributed by atoms with Crippen LogP contribution in [0, 0.1) is 0 Å². The molecule has 0 aromatic carbocycles. The van der Waals surface area contributed by atoms with Gasteiger partial charge in [0.05, 0.1) is 6.67 Å². The van der Waals surface area contributed by atoms with E-state index in [1.54, 1.807) is 0 Å². The smallest absolute Gasteiger partial charge is 0.362 e. The van der Waals surface area contributed by atoms with Crippen LogP contribution in [0.5, 0.6) is 0 Å². The van der Waals surface area contributed by atoms with Crippen molar-refractivity contribution >= 4 is 5.91 Å². The summed E-state index contributed by atoms with van der Waals surface area (Å²) in [4.78, 5) is 13.5. The Morgan fingerprint density at radius 3 is 2.07 bits per heavy atom. The summed E-state index contributed by atoms with van der Waals surface area (Å²) < 4.78 is 32.1. The highest BCUT2D eigenvalue weighted by Crippen LogP contribution is 2.11. The number of hydrogen-bond acceptors (Lipinski definition) is 3. The maximum absolute atomic E-state index is 10.7. The summed E-state index contributed by atoms with van der Waals surface area (Å²) in [7, 11) is 2.08. The third-order valence-electron chi connectivity index (χ3n) is 1.62. The van der Waals surface area contributed by atoms with Crippen molar-refractivity contribution in [2.24, 2.45) is 5.73 Å².